The standard InChI is InChI=1S/C17H16O3/c1-2-15(18)12-14-10-6-7-11-16(14)20-17(19)13-8-4-3-5-9-13/h3-11H,2,12H2,1H3. The number of esters is 1. The van der Waals surface area contributed by atoms with Crippen LogP contribution in [0.3, 0.4) is 0 Å². The zero-order valence-electron chi connectivity index (χ0n) is 11.3. The number of para-hydroxylation sites is 1. The van der Waals surface area contributed by atoms with Gasteiger partial charge in [0.15, 0.2) is 0 Å². The summed E-state index contributed by atoms with van der Waals surface area (Å²) in [5.41, 5.74) is 1.23. The van der Waals surface area contributed by atoms with E-state index in [2.05, 4.69) is 0 Å². The molecular formula is C17H16O3. The first-order valence-corrected chi connectivity index (χ1v) is 6.57. The van der Waals surface area contributed by atoms with Crippen LogP contribution in [0.25, 0.3) is 0 Å². The van der Waals surface area contributed by atoms with E-state index in [1.807, 2.05) is 19.1 Å². The molecule has 0 bridgehead atoms. The van der Waals surface area contributed by atoms with Crippen molar-refractivity contribution in [2.75, 3.05) is 0 Å². The summed E-state index contributed by atoms with van der Waals surface area (Å²) in [6.45, 7) is 1.82. The van der Waals surface area contributed by atoms with Gasteiger partial charge in [0.05, 0.1) is 5.56 Å². The summed E-state index contributed by atoms with van der Waals surface area (Å²) in [6.07, 6.45) is 0.760. The molecule has 0 amide bonds. The highest BCUT2D eigenvalue weighted by Crippen LogP contribution is 2.20. The Bertz CT molecular complexity index is 603. The molecule has 102 valence electrons. The van der Waals surface area contributed by atoms with E-state index in [0.29, 0.717) is 17.7 Å². The van der Waals surface area contributed by atoms with Gasteiger partial charge < -0.3 is 4.74 Å². The SMILES string of the molecule is CCC(=O)Cc1ccccc1OC(=O)c1ccccc1. The molecule has 0 heterocycles. The maximum Gasteiger partial charge on any atom is 0.343 e. The molecule has 0 saturated heterocycles. The Balaban J connectivity index is 2.17. The number of hydrogen-bond acceptors (Lipinski definition) is 3. The summed E-state index contributed by atoms with van der Waals surface area (Å²) in [7, 11) is 0. The molecule has 0 saturated carbocycles. The molecule has 2 aromatic carbocycles. The van der Waals surface area contributed by atoms with E-state index in [4.69, 9.17) is 4.74 Å². The monoisotopic (exact) mass is 268 g/mol. The minimum Gasteiger partial charge on any atom is -0.423 e. The normalized spacial score (nSPS) is 10.1. The van der Waals surface area contributed by atoms with Gasteiger partial charge in [-0.3, -0.25) is 4.79 Å². The van der Waals surface area contributed by atoms with Crippen LogP contribution in [0.1, 0.15) is 29.3 Å². The molecule has 0 spiro atoms. The van der Waals surface area contributed by atoms with Crippen molar-refractivity contribution in [1.29, 1.82) is 0 Å². The highest BCUT2D eigenvalue weighted by atomic mass is 16.5. The number of ether oxygens (including phenoxy) is 1. The van der Waals surface area contributed by atoms with Gasteiger partial charge in [0.2, 0.25) is 0 Å². The van der Waals surface area contributed by atoms with Gasteiger partial charge in [-0.1, -0.05) is 43.3 Å². The fourth-order valence-corrected chi connectivity index (χ4v) is 1.82. The van der Waals surface area contributed by atoms with Crippen LogP contribution in [-0.2, 0) is 11.2 Å². The number of ketones is 1. The van der Waals surface area contributed by atoms with Crippen LogP contribution in [0.4, 0.5) is 0 Å². The van der Waals surface area contributed by atoms with E-state index in [0.717, 1.165) is 5.56 Å². The molecule has 0 aliphatic heterocycles. The Morgan fingerprint density at radius 1 is 0.950 bits per heavy atom. The van der Waals surface area contributed by atoms with Crippen LogP contribution < -0.4 is 4.74 Å². The fraction of sp³-hybridized carbons (Fsp3) is 0.176. The average Bonchev–Trinajstić information content (AvgIpc) is 2.50. The molecule has 0 N–H and O–H groups in total. The van der Waals surface area contributed by atoms with Crippen LogP contribution in [0.15, 0.2) is 54.6 Å². The maximum absolute atomic E-state index is 12.0. The zero-order chi connectivity index (χ0) is 14.4. The summed E-state index contributed by atoms with van der Waals surface area (Å²) in [4.78, 5) is 23.6. The van der Waals surface area contributed by atoms with Crippen molar-refractivity contribution in [2.45, 2.75) is 19.8 Å². The number of rotatable bonds is 5. The average molecular weight is 268 g/mol. The molecule has 0 aliphatic carbocycles. The second-order valence-electron chi connectivity index (χ2n) is 4.43. The van der Waals surface area contributed by atoms with E-state index in [-0.39, 0.29) is 12.2 Å². The minimum atomic E-state index is -0.415. The highest BCUT2D eigenvalue weighted by molar-refractivity contribution is 5.91. The maximum atomic E-state index is 12.0. The van der Waals surface area contributed by atoms with Crippen molar-refractivity contribution in [3.05, 3.63) is 65.7 Å². The van der Waals surface area contributed by atoms with Crippen LogP contribution in [0, 0.1) is 0 Å². The van der Waals surface area contributed by atoms with E-state index in [1.54, 1.807) is 42.5 Å². The third-order valence-corrected chi connectivity index (χ3v) is 2.97. The largest absolute Gasteiger partial charge is 0.423 e. The summed E-state index contributed by atoms with van der Waals surface area (Å²) < 4.78 is 5.39. The molecular weight excluding hydrogens is 252 g/mol. The summed E-state index contributed by atoms with van der Waals surface area (Å²) in [5, 5.41) is 0. The van der Waals surface area contributed by atoms with Gasteiger partial charge in [-0.2, -0.15) is 0 Å². The van der Waals surface area contributed by atoms with Crippen molar-refractivity contribution in [1.82, 2.24) is 0 Å². The van der Waals surface area contributed by atoms with E-state index in [1.165, 1.54) is 0 Å². The van der Waals surface area contributed by atoms with Gasteiger partial charge >= 0.3 is 5.97 Å². The zero-order valence-corrected chi connectivity index (χ0v) is 11.3. The van der Waals surface area contributed by atoms with Crippen molar-refractivity contribution in [3.63, 3.8) is 0 Å². The van der Waals surface area contributed by atoms with Crippen LogP contribution in [-0.4, -0.2) is 11.8 Å². The topological polar surface area (TPSA) is 43.4 Å². The molecule has 0 radical (unpaired) electrons. The quantitative estimate of drug-likeness (QED) is 0.616. The molecule has 3 nitrogen and oxygen atoms in total. The third kappa shape index (κ3) is 3.54. The lowest BCUT2D eigenvalue weighted by molar-refractivity contribution is -0.118. The summed E-state index contributed by atoms with van der Waals surface area (Å²) >= 11 is 0. The van der Waals surface area contributed by atoms with Crippen LogP contribution in [0.2, 0.25) is 0 Å². The van der Waals surface area contributed by atoms with E-state index < -0.39 is 5.97 Å². The first-order valence-electron chi connectivity index (χ1n) is 6.57. The second kappa shape index (κ2) is 6.66. The van der Waals surface area contributed by atoms with Gasteiger partial charge in [-0.15, -0.1) is 0 Å². The second-order valence-corrected chi connectivity index (χ2v) is 4.43. The van der Waals surface area contributed by atoms with Crippen molar-refractivity contribution in [3.8, 4) is 5.75 Å². The number of benzene rings is 2. The van der Waals surface area contributed by atoms with Crippen LogP contribution >= 0.6 is 0 Å². The Hall–Kier alpha value is -2.42. The Morgan fingerprint density at radius 2 is 1.60 bits per heavy atom. The summed E-state index contributed by atoms with van der Waals surface area (Å²) in [5.74, 6) is 0.151. The molecule has 2 aromatic rings. The Labute approximate surface area is 118 Å². The van der Waals surface area contributed by atoms with E-state index >= 15 is 0 Å². The first kappa shape index (κ1) is 14.0. The molecule has 0 atom stereocenters. The predicted molar refractivity (Wildman–Crippen MR) is 76.8 cm³/mol. The lowest BCUT2D eigenvalue weighted by Crippen LogP contribution is -2.11. The molecule has 0 aromatic heterocycles. The number of carbonyl (C=O) groups excluding carboxylic acids is 2. The van der Waals surface area contributed by atoms with E-state index in [9.17, 15) is 9.59 Å². The predicted octanol–water partition coefficient (Wildman–Crippen LogP) is 3.43. The van der Waals surface area contributed by atoms with Gasteiger partial charge in [-0.05, 0) is 18.2 Å². The van der Waals surface area contributed by atoms with Gasteiger partial charge in [0, 0.05) is 18.4 Å². The number of hydrogen-bond donors (Lipinski definition) is 0. The molecule has 3 heteroatoms. The van der Waals surface area contributed by atoms with Gasteiger partial charge in [-0.25, -0.2) is 4.79 Å². The molecule has 0 aliphatic rings. The van der Waals surface area contributed by atoms with Crippen molar-refractivity contribution < 1.29 is 14.3 Å². The van der Waals surface area contributed by atoms with Gasteiger partial charge in [0.1, 0.15) is 11.5 Å². The Morgan fingerprint density at radius 3 is 2.30 bits per heavy atom. The molecule has 0 unspecified atom stereocenters. The van der Waals surface area contributed by atoms with Gasteiger partial charge in [0.25, 0.3) is 0 Å². The highest BCUT2D eigenvalue weighted by Gasteiger charge is 2.12. The molecule has 0 fully saturated rings. The third-order valence-electron chi connectivity index (χ3n) is 2.97. The number of carbonyl (C=O) groups is 2. The van der Waals surface area contributed by atoms with Crippen molar-refractivity contribution in [2.24, 2.45) is 0 Å². The first-order chi connectivity index (χ1) is 9.70. The molecule has 20 heavy (non-hydrogen) atoms. The lowest BCUT2D eigenvalue weighted by atomic mass is 10.1. The lowest BCUT2D eigenvalue weighted by Gasteiger charge is -2.09. The smallest absolute Gasteiger partial charge is 0.343 e. The minimum absolute atomic E-state index is 0.119. The fourth-order valence-electron chi connectivity index (χ4n) is 1.82. The molecule has 2 rings (SSSR count). The van der Waals surface area contributed by atoms with Crippen LogP contribution in [0.5, 0.6) is 5.75 Å². The van der Waals surface area contributed by atoms with Crippen molar-refractivity contribution >= 4 is 11.8 Å². The Kier molecular flexibility index (Phi) is 4.66. The summed E-state index contributed by atoms with van der Waals surface area (Å²) in [6, 6.07) is 15.9. The number of Topliss-reactive ketones (excluding diaryl/α,β-unsaturated/α-hetero) is 1.